The second kappa shape index (κ2) is 8.70. The van der Waals surface area contributed by atoms with Crippen LogP contribution in [0.25, 0.3) is 0 Å². The van der Waals surface area contributed by atoms with E-state index >= 15 is 0 Å². The lowest BCUT2D eigenvalue weighted by Crippen LogP contribution is -2.32. The van der Waals surface area contributed by atoms with E-state index in [0.717, 1.165) is 23.3 Å². The maximum Gasteiger partial charge on any atom is 0.416 e. The highest BCUT2D eigenvalue weighted by Gasteiger charge is 2.59. The van der Waals surface area contributed by atoms with Crippen LogP contribution in [0.5, 0.6) is 17.2 Å². The van der Waals surface area contributed by atoms with Crippen molar-refractivity contribution in [1.82, 2.24) is 10.3 Å². The number of fused-ring (bicyclic) bond motifs is 4. The minimum absolute atomic E-state index is 0.0946. The van der Waals surface area contributed by atoms with Gasteiger partial charge in [-0.3, -0.25) is 9.59 Å². The highest BCUT2D eigenvalue weighted by Crippen LogP contribution is 2.54. The van der Waals surface area contributed by atoms with E-state index in [4.69, 9.17) is 15.2 Å². The number of anilines is 1. The van der Waals surface area contributed by atoms with Crippen LogP contribution in [0.15, 0.2) is 48.7 Å². The molecule has 3 aromatic rings. The van der Waals surface area contributed by atoms with E-state index in [2.05, 4.69) is 15.6 Å². The number of nitrogens with zero attached hydrogens (tertiary/aromatic N) is 1. The third kappa shape index (κ3) is 4.67. The van der Waals surface area contributed by atoms with Crippen LogP contribution in [-0.2, 0) is 22.9 Å². The fraction of sp³-hybridized carbons (Fsp3) is 0.321. The van der Waals surface area contributed by atoms with Gasteiger partial charge in [0.25, 0.3) is 5.91 Å². The molecule has 6 rings (SSSR count). The summed E-state index contributed by atoms with van der Waals surface area (Å²) >= 11 is 0. The molecule has 8 nitrogen and oxygen atoms in total. The fourth-order valence-corrected chi connectivity index (χ4v) is 5.09. The molecule has 1 aromatic heterocycles. The number of amides is 2. The van der Waals surface area contributed by atoms with Gasteiger partial charge in [0.05, 0.1) is 17.5 Å². The van der Waals surface area contributed by atoms with E-state index < -0.39 is 29.2 Å². The van der Waals surface area contributed by atoms with Crippen LogP contribution in [-0.4, -0.2) is 28.9 Å². The highest BCUT2D eigenvalue weighted by atomic mass is 19.4. The Morgan fingerprint density at radius 1 is 1.13 bits per heavy atom. The molecule has 0 bridgehead atoms. The van der Waals surface area contributed by atoms with Crippen molar-refractivity contribution in [1.29, 1.82) is 0 Å². The second-order valence-electron chi connectivity index (χ2n) is 10.6. The molecule has 4 N–H and O–H groups in total. The summed E-state index contributed by atoms with van der Waals surface area (Å²) in [6.45, 7) is 3.16. The molecule has 2 amide bonds. The van der Waals surface area contributed by atoms with Crippen LogP contribution in [0.2, 0.25) is 0 Å². The number of rotatable bonds is 5. The van der Waals surface area contributed by atoms with Gasteiger partial charge >= 0.3 is 6.18 Å². The van der Waals surface area contributed by atoms with Crippen molar-refractivity contribution in [2.75, 3.05) is 5.32 Å². The number of ether oxygens (including phenoxy) is 2. The van der Waals surface area contributed by atoms with Gasteiger partial charge < -0.3 is 25.8 Å². The van der Waals surface area contributed by atoms with Gasteiger partial charge in [-0.1, -0.05) is 0 Å². The molecular formula is C28H25F3N4O4. The summed E-state index contributed by atoms with van der Waals surface area (Å²) in [4.78, 5) is 28.9. The van der Waals surface area contributed by atoms with Gasteiger partial charge in [0.1, 0.15) is 29.2 Å². The average Bonchev–Trinajstić information content (AvgIpc) is 3.39. The Bertz CT molecular complexity index is 1480. The average molecular weight is 539 g/mol. The molecule has 2 aliphatic heterocycles. The van der Waals surface area contributed by atoms with Gasteiger partial charge in [-0.05, 0) is 68.3 Å². The molecule has 1 aliphatic carbocycles. The van der Waals surface area contributed by atoms with E-state index in [1.807, 2.05) is 6.07 Å². The number of nitrogens with one attached hydrogen (secondary N) is 2. The van der Waals surface area contributed by atoms with Crippen molar-refractivity contribution in [3.8, 4) is 17.2 Å². The number of hydrogen-bond acceptors (Lipinski definition) is 6. The Hall–Kier alpha value is -4.12. The van der Waals surface area contributed by atoms with Crippen molar-refractivity contribution < 1.29 is 32.2 Å². The molecule has 1 fully saturated rings. The standard InChI is InChI=1S/C28H25F3N4O4/c1-27(2,32)14-9-13(10-15(11-14)28(29,30)31)26(37)35-23-22-18-12-16(3-5-19(18)39-24(22)23)38-20-7-8-33-25-17(20)4-6-21(36)34-25/h3,5,7-12,22-24H,4,6,32H2,1-2H3,(H,35,37)(H,33,34,36). The predicted octanol–water partition coefficient (Wildman–Crippen LogP) is 4.63. The van der Waals surface area contributed by atoms with E-state index in [-0.39, 0.29) is 29.1 Å². The number of carbonyl (C=O) groups is 2. The fourth-order valence-electron chi connectivity index (χ4n) is 5.09. The third-order valence-corrected chi connectivity index (χ3v) is 7.22. The number of aromatic nitrogens is 1. The van der Waals surface area contributed by atoms with Crippen LogP contribution in [0.4, 0.5) is 19.0 Å². The van der Waals surface area contributed by atoms with Gasteiger partial charge in [-0.2, -0.15) is 13.2 Å². The largest absolute Gasteiger partial charge is 0.487 e. The molecule has 2 aromatic carbocycles. The molecule has 3 atom stereocenters. The van der Waals surface area contributed by atoms with Crippen LogP contribution >= 0.6 is 0 Å². The first-order valence-corrected chi connectivity index (χ1v) is 12.5. The van der Waals surface area contributed by atoms with E-state index in [1.54, 1.807) is 38.2 Å². The summed E-state index contributed by atoms with van der Waals surface area (Å²) in [5.74, 6) is 1.39. The number of carbonyl (C=O) groups excluding carboxylic acids is 2. The zero-order valence-electron chi connectivity index (χ0n) is 21.1. The van der Waals surface area contributed by atoms with E-state index in [9.17, 15) is 22.8 Å². The molecule has 3 aliphatic rings. The molecule has 202 valence electrons. The summed E-state index contributed by atoms with van der Waals surface area (Å²) in [6.07, 6.45) is -2.53. The topological polar surface area (TPSA) is 116 Å². The van der Waals surface area contributed by atoms with Crippen LogP contribution in [0.1, 0.15) is 58.8 Å². The number of halogens is 3. The number of hydrogen-bond donors (Lipinski definition) is 3. The molecule has 11 heteroatoms. The number of nitrogens with two attached hydrogens (primary N) is 1. The monoisotopic (exact) mass is 538 g/mol. The maximum atomic E-state index is 13.5. The van der Waals surface area contributed by atoms with Gasteiger partial charge in [0.2, 0.25) is 5.91 Å². The highest BCUT2D eigenvalue weighted by molar-refractivity contribution is 5.95. The number of alkyl halides is 3. The minimum atomic E-state index is -4.62. The first-order chi connectivity index (χ1) is 18.4. The summed E-state index contributed by atoms with van der Waals surface area (Å²) in [7, 11) is 0. The minimum Gasteiger partial charge on any atom is -0.487 e. The Morgan fingerprint density at radius 3 is 2.64 bits per heavy atom. The lowest BCUT2D eigenvalue weighted by molar-refractivity contribution is -0.137. The van der Waals surface area contributed by atoms with Crippen LogP contribution in [0.3, 0.4) is 0 Å². The lowest BCUT2D eigenvalue weighted by Gasteiger charge is -2.22. The quantitative estimate of drug-likeness (QED) is 0.437. The first-order valence-electron chi connectivity index (χ1n) is 12.5. The van der Waals surface area contributed by atoms with Crippen molar-refractivity contribution in [2.45, 2.75) is 56.5 Å². The Labute approximate surface area is 221 Å². The molecule has 0 radical (unpaired) electrons. The maximum absolute atomic E-state index is 13.5. The summed E-state index contributed by atoms with van der Waals surface area (Å²) < 4.78 is 52.6. The Morgan fingerprint density at radius 2 is 1.90 bits per heavy atom. The second-order valence-corrected chi connectivity index (χ2v) is 10.6. The molecule has 0 saturated heterocycles. The molecule has 39 heavy (non-hydrogen) atoms. The zero-order chi connectivity index (χ0) is 27.7. The van der Waals surface area contributed by atoms with Gasteiger partial charge in [-0.15, -0.1) is 0 Å². The third-order valence-electron chi connectivity index (χ3n) is 7.22. The van der Waals surface area contributed by atoms with Gasteiger partial charge in [0.15, 0.2) is 0 Å². The SMILES string of the molecule is CC(C)(N)c1cc(C(=O)NC2C3Oc4ccc(Oc5ccnc6c5CCC(=O)N6)cc4C23)cc(C(F)(F)F)c1. The zero-order valence-corrected chi connectivity index (χ0v) is 21.1. The van der Waals surface area contributed by atoms with Crippen molar-refractivity contribution in [3.63, 3.8) is 0 Å². The first kappa shape index (κ1) is 25.2. The smallest absolute Gasteiger partial charge is 0.416 e. The lowest BCUT2D eigenvalue weighted by atomic mass is 9.91. The molecule has 3 unspecified atom stereocenters. The predicted molar refractivity (Wildman–Crippen MR) is 135 cm³/mol. The Kier molecular flexibility index (Phi) is 5.62. The van der Waals surface area contributed by atoms with Crippen LogP contribution in [0, 0.1) is 0 Å². The number of benzene rings is 2. The van der Waals surface area contributed by atoms with Crippen molar-refractivity contribution in [2.24, 2.45) is 5.73 Å². The van der Waals surface area contributed by atoms with Crippen LogP contribution < -0.4 is 25.8 Å². The van der Waals surface area contributed by atoms with E-state index in [1.165, 1.54) is 6.07 Å². The van der Waals surface area contributed by atoms with Crippen molar-refractivity contribution in [3.05, 3.63) is 76.5 Å². The van der Waals surface area contributed by atoms with Gasteiger partial charge in [0, 0.05) is 34.8 Å². The number of pyridine rings is 1. The van der Waals surface area contributed by atoms with Crippen molar-refractivity contribution >= 4 is 17.6 Å². The normalized spacial score (nSPS) is 21.2. The molecule has 3 heterocycles. The Balaban J connectivity index is 1.20. The molecule has 0 spiro atoms. The van der Waals surface area contributed by atoms with E-state index in [0.29, 0.717) is 35.9 Å². The summed E-state index contributed by atoms with van der Waals surface area (Å²) in [5.41, 5.74) is 5.79. The molecule has 1 saturated carbocycles. The summed E-state index contributed by atoms with van der Waals surface area (Å²) in [6, 6.07) is 9.92. The summed E-state index contributed by atoms with van der Waals surface area (Å²) in [5, 5.41) is 5.57. The van der Waals surface area contributed by atoms with Gasteiger partial charge in [-0.25, -0.2) is 4.98 Å². The molecular weight excluding hydrogens is 513 g/mol.